The minimum Gasteiger partial charge on any atom is -0.497 e. The van der Waals surface area contributed by atoms with E-state index in [1.807, 2.05) is 48.5 Å². The van der Waals surface area contributed by atoms with E-state index in [0.29, 0.717) is 11.8 Å². The van der Waals surface area contributed by atoms with E-state index in [0.717, 1.165) is 49.1 Å². The Morgan fingerprint density at radius 2 is 1.79 bits per heavy atom. The summed E-state index contributed by atoms with van der Waals surface area (Å²) >= 11 is 0. The molecule has 3 atom stereocenters. The molecule has 5 nitrogen and oxygen atoms in total. The molecule has 1 saturated carbocycles. The Morgan fingerprint density at radius 1 is 1.12 bits per heavy atom. The highest BCUT2D eigenvalue weighted by molar-refractivity contribution is 5.75. The Labute approximate surface area is 205 Å². The number of aliphatic carboxylic acids is 1. The average molecular weight is 470 g/mol. The summed E-state index contributed by atoms with van der Waals surface area (Å²) < 4.78 is 5.29. The van der Waals surface area contributed by atoms with E-state index in [1.54, 1.807) is 14.0 Å². The molecule has 0 radical (unpaired) electrons. The summed E-state index contributed by atoms with van der Waals surface area (Å²) in [5, 5.41) is 20.0. The second-order valence-electron chi connectivity index (χ2n) is 10.3. The molecule has 2 aromatic rings. The van der Waals surface area contributed by atoms with Gasteiger partial charge in [0.25, 0.3) is 0 Å². The number of carboxylic acids is 1. The lowest BCUT2D eigenvalue weighted by atomic mass is 9.71. The third kappa shape index (κ3) is 7.85. The summed E-state index contributed by atoms with van der Waals surface area (Å²) in [5.74, 6) is 0.556. The van der Waals surface area contributed by atoms with Gasteiger partial charge in [0.15, 0.2) is 0 Å². The monoisotopic (exact) mass is 469 g/mol. The number of hydrogen-bond donors (Lipinski definition) is 2. The Hall–Kier alpha value is -2.37. The molecule has 34 heavy (non-hydrogen) atoms. The smallest absolute Gasteiger partial charge is 0.310 e. The van der Waals surface area contributed by atoms with Gasteiger partial charge in [0.2, 0.25) is 0 Å². The van der Waals surface area contributed by atoms with Crippen LogP contribution in [0.2, 0.25) is 0 Å². The van der Waals surface area contributed by atoms with Gasteiger partial charge in [-0.15, -0.1) is 0 Å². The molecule has 2 unspecified atom stereocenters. The molecule has 0 aromatic heterocycles. The third-order valence-electron chi connectivity index (χ3n) is 6.69. The molecule has 0 aliphatic heterocycles. The molecule has 188 valence electrons. The maximum absolute atomic E-state index is 11.2. The second kappa shape index (κ2) is 12.9. The summed E-state index contributed by atoms with van der Waals surface area (Å²) in [6, 6.07) is 15.8. The standard InChI is InChI=1S/C16H25NO2.C13H18O2/c1-17(2)12-14-7-4-5-10-16(14,18)13-8-6-9-15(11-13)19-3;1-9(2)8-11-4-6-12(7-5-11)10(3)13(14)15/h6,8-9,11,14,18H,4-5,7,10,12H2,1-3H3;4-7,9-10H,8H2,1-3H3,(H,14,15)/t;10-/m.0/s1. The average Bonchev–Trinajstić information content (AvgIpc) is 2.80. The molecule has 1 aliphatic carbocycles. The Kier molecular flexibility index (Phi) is 10.6. The zero-order valence-corrected chi connectivity index (χ0v) is 21.8. The highest BCUT2D eigenvalue weighted by Crippen LogP contribution is 2.42. The Morgan fingerprint density at radius 3 is 2.35 bits per heavy atom. The Balaban J connectivity index is 0.000000248. The molecule has 2 N–H and O–H groups in total. The molecule has 0 saturated heterocycles. The van der Waals surface area contributed by atoms with Crippen LogP contribution in [-0.4, -0.2) is 48.8 Å². The first-order valence-electron chi connectivity index (χ1n) is 12.4. The van der Waals surface area contributed by atoms with Gasteiger partial charge in [-0.2, -0.15) is 0 Å². The van der Waals surface area contributed by atoms with Crippen molar-refractivity contribution in [1.82, 2.24) is 4.90 Å². The van der Waals surface area contributed by atoms with E-state index in [-0.39, 0.29) is 0 Å². The van der Waals surface area contributed by atoms with Crippen LogP contribution in [0.4, 0.5) is 0 Å². The van der Waals surface area contributed by atoms with Crippen molar-refractivity contribution in [3.8, 4) is 5.75 Å². The van der Waals surface area contributed by atoms with Crippen molar-refractivity contribution in [3.05, 3.63) is 65.2 Å². The third-order valence-corrected chi connectivity index (χ3v) is 6.69. The highest BCUT2D eigenvalue weighted by atomic mass is 16.5. The van der Waals surface area contributed by atoms with E-state index in [4.69, 9.17) is 9.84 Å². The van der Waals surface area contributed by atoms with Crippen molar-refractivity contribution in [2.45, 2.75) is 64.4 Å². The SMILES string of the molecule is CC(C)Cc1ccc([C@H](C)C(=O)O)cc1.COc1cccc(C2(O)CCCCC2CN(C)C)c1. The summed E-state index contributed by atoms with van der Waals surface area (Å²) in [7, 11) is 5.81. The van der Waals surface area contributed by atoms with Crippen molar-refractivity contribution in [2.24, 2.45) is 11.8 Å². The van der Waals surface area contributed by atoms with Crippen molar-refractivity contribution in [1.29, 1.82) is 0 Å². The minimum absolute atomic E-state index is 0.295. The minimum atomic E-state index is -0.772. The molecule has 1 fully saturated rings. The van der Waals surface area contributed by atoms with Crippen molar-refractivity contribution in [2.75, 3.05) is 27.7 Å². The van der Waals surface area contributed by atoms with Gasteiger partial charge in [0.1, 0.15) is 5.75 Å². The van der Waals surface area contributed by atoms with Gasteiger partial charge in [-0.25, -0.2) is 0 Å². The maximum atomic E-state index is 11.2. The molecule has 2 aromatic carbocycles. The van der Waals surface area contributed by atoms with Gasteiger partial charge in [-0.3, -0.25) is 4.79 Å². The Bertz CT molecular complexity index is 893. The lowest BCUT2D eigenvalue weighted by Gasteiger charge is -2.41. The van der Waals surface area contributed by atoms with Gasteiger partial charge in [0, 0.05) is 12.5 Å². The van der Waals surface area contributed by atoms with Crippen LogP contribution >= 0.6 is 0 Å². The van der Waals surface area contributed by atoms with Crippen LogP contribution in [0.1, 0.15) is 69.1 Å². The molecule has 0 spiro atoms. The lowest BCUT2D eigenvalue weighted by Crippen LogP contribution is -2.43. The predicted octanol–water partition coefficient (Wildman–Crippen LogP) is 5.71. The van der Waals surface area contributed by atoms with Gasteiger partial charge in [-0.1, -0.05) is 63.1 Å². The summed E-state index contributed by atoms with van der Waals surface area (Å²) in [6.45, 7) is 6.98. The second-order valence-corrected chi connectivity index (χ2v) is 10.3. The van der Waals surface area contributed by atoms with Crippen LogP contribution < -0.4 is 4.74 Å². The van der Waals surface area contributed by atoms with Crippen LogP contribution in [0.15, 0.2) is 48.5 Å². The highest BCUT2D eigenvalue weighted by Gasteiger charge is 2.40. The molecular formula is C29H43NO4. The number of rotatable bonds is 8. The molecule has 0 amide bonds. The molecule has 3 rings (SSSR count). The molecule has 0 bridgehead atoms. The number of hydrogen-bond acceptors (Lipinski definition) is 4. The topological polar surface area (TPSA) is 70.0 Å². The lowest BCUT2D eigenvalue weighted by molar-refractivity contribution is -0.138. The number of ether oxygens (including phenoxy) is 1. The predicted molar refractivity (Wildman–Crippen MR) is 138 cm³/mol. The molecule has 0 heterocycles. The van der Waals surface area contributed by atoms with Crippen molar-refractivity contribution >= 4 is 5.97 Å². The zero-order chi connectivity index (χ0) is 25.3. The quantitative estimate of drug-likeness (QED) is 0.518. The zero-order valence-electron chi connectivity index (χ0n) is 21.8. The van der Waals surface area contributed by atoms with Crippen LogP contribution in [0.3, 0.4) is 0 Å². The fourth-order valence-corrected chi connectivity index (χ4v) is 4.74. The maximum Gasteiger partial charge on any atom is 0.310 e. The fourth-order valence-electron chi connectivity index (χ4n) is 4.74. The first-order chi connectivity index (χ1) is 16.1. The number of benzene rings is 2. The van der Waals surface area contributed by atoms with Crippen LogP contribution in [0.5, 0.6) is 5.75 Å². The van der Waals surface area contributed by atoms with Gasteiger partial charge < -0.3 is 19.8 Å². The van der Waals surface area contributed by atoms with Crippen LogP contribution in [-0.2, 0) is 16.8 Å². The number of aliphatic hydroxyl groups is 1. The van der Waals surface area contributed by atoms with Crippen LogP contribution in [0.25, 0.3) is 0 Å². The molecular weight excluding hydrogens is 426 g/mol. The fraction of sp³-hybridized carbons (Fsp3) is 0.552. The first kappa shape index (κ1) is 27.9. The number of methoxy groups -OCH3 is 1. The van der Waals surface area contributed by atoms with Gasteiger partial charge in [0.05, 0.1) is 18.6 Å². The van der Waals surface area contributed by atoms with Crippen molar-refractivity contribution in [3.63, 3.8) is 0 Å². The summed E-state index contributed by atoms with van der Waals surface area (Å²) in [6.07, 6.45) is 5.29. The first-order valence-corrected chi connectivity index (χ1v) is 12.4. The normalized spacial score (nSPS) is 21.0. The van der Waals surface area contributed by atoms with Gasteiger partial charge >= 0.3 is 5.97 Å². The van der Waals surface area contributed by atoms with E-state index in [1.165, 1.54) is 12.0 Å². The number of nitrogens with zero attached hydrogens (tertiary/aromatic N) is 1. The van der Waals surface area contributed by atoms with E-state index in [2.05, 4.69) is 32.8 Å². The molecule has 1 aliphatic rings. The van der Waals surface area contributed by atoms with Gasteiger partial charge in [-0.05, 0) is 75.0 Å². The summed E-state index contributed by atoms with van der Waals surface area (Å²) in [4.78, 5) is 12.9. The van der Waals surface area contributed by atoms with E-state index >= 15 is 0 Å². The number of carboxylic acid groups (broad SMARTS) is 1. The largest absolute Gasteiger partial charge is 0.497 e. The molecule has 5 heteroatoms. The van der Waals surface area contributed by atoms with E-state index < -0.39 is 17.5 Å². The summed E-state index contributed by atoms with van der Waals surface area (Å²) in [5.41, 5.74) is 2.43. The number of carbonyl (C=O) groups is 1. The van der Waals surface area contributed by atoms with Crippen LogP contribution in [0, 0.1) is 11.8 Å². The van der Waals surface area contributed by atoms with E-state index in [9.17, 15) is 9.90 Å². The van der Waals surface area contributed by atoms with Crippen molar-refractivity contribution < 1.29 is 19.7 Å².